The van der Waals surface area contributed by atoms with Crippen molar-refractivity contribution in [2.75, 3.05) is 57.9 Å². The van der Waals surface area contributed by atoms with E-state index < -0.39 is 0 Å². The fraction of sp³-hybridized carbons (Fsp3) is 0.550. The average Bonchev–Trinajstić information content (AvgIpc) is 3.37. The third-order valence-electron chi connectivity index (χ3n) is 5.33. The normalized spacial score (nSPS) is 18.2. The fourth-order valence-corrected chi connectivity index (χ4v) is 3.57. The number of pyridine rings is 1. The first-order valence-corrected chi connectivity index (χ1v) is 9.61. The van der Waals surface area contributed by atoms with E-state index in [0.29, 0.717) is 12.1 Å². The second-order valence-electron chi connectivity index (χ2n) is 7.44. The molecule has 1 aliphatic carbocycles. The van der Waals surface area contributed by atoms with Crippen molar-refractivity contribution in [1.82, 2.24) is 14.6 Å². The number of hydrogen-bond acceptors (Lipinski definition) is 4. The van der Waals surface area contributed by atoms with Gasteiger partial charge in [0, 0.05) is 51.5 Å². The molecule has 0 radical (unpaired) electrons. The molecule has 6 heteroatoms. The van der Waals surface area contributed by atoms with Gasteiger partial charge in [0.15, 0.2) is 0 Å². The summed E-state index contributed by atoms with van der Waals surface area (Å²) < 4.78 is 7.48. The summed E-state index contributed by atoms with van der Waals surface area (Å²) in [6.45, 7) is 6.09. The molecule has 3 heterocycles. The Kier molecular flexibility index (Phi) is 5.13. The van der Waals surface area contributed by atoms with Gasteiger partial charge in [-0.05, 0) is 43.0 Å². The van der Waals surface area contributed by atoms with E-state index in [0.717, 1.165) is 56.6 Å². The molecule has 26 heavy (non-hydrogen) atoms. The Hall–Kier alpha value is -2.05. The molecule has 1 N–H and O–H groups in total. The number of amides is 1. The first-order valence-electron chi connectivity index (χ1n) is 9.61. The number of morpholine rings is 1. The van der Waals surface area contributed by atoms with Crippen molar-refractivity contribution < 1.29 is 9.53 Å². The fourth-order valence-electron chi connectivity index (χ4n) is 3.57. The summed E-state index contributed by atoms with van der Waals surface area (Å²) in [6.07, 6.45) is 4.63. The Balaban J connectivity index is 1.39. The molecule has 0 unspecified atom stereocenters. The highest BCUT2D eigenvalue weighted by atomic mass is 16.5. The molecule has 1 saturated heterocycles. The van der Waals surface area contributed by atoms with Gasteiger partial charge in [0.05, 0.1) is 18.8 Å². The number of nitrogens with one attached hydrogen (secondary N) is 1. The molecule has 2 fully saturated rings. The van der Waals surface area contributed by atoms with Crippen molar-refractivity contribution in [3.05, 3.63) is 36.0 Å². The minimum absolute atomic E-state index is 0.00958. The topological polar surface area (TPSA) is 49.2 Å². The second kappa shape index (κ2) is 7.68. The number of aromatic nitrogens is 1. The van der Waals surface area contributed by atoms with Crippen LogP contribution in [0.25, 0.3) is 5.52 Å². The lowest BCUT2D eigenvalue weighted by Gasteiger charge is -2.26. The van der Waals surface area contributed by atoms with Crippen LogP contribution in [0.5, 0.6) is 0 Å². The van der Waals surface area contributed by atoms with Gasteiger partial charge in [0.1, 0.15) is 5.82 Å². The summed E-state index contributed by atoms with van der Waals surface area (Å²) in [5.74, 6) is 1.97. The van der Waals surface area contributed by atoms with Gasteiger partial charge in [-0.3, -0.25) is 9.69 Å². The van der Waals surface area contributed by atoms with Crippen molar-refractivity contribution in [2.24, 2.45) is 5.92 Å². The molecule has 2 aromatic heterocycles. The quantitative estimate of drug-likeness (QED) is 0.823. The lowest BCUT2D eigenvalue weighted by atomic mass is 10.2. The molecule has 0 atom stereocenters. The minimum Gasteiger partial charge on any atom is -0.379 e. The van der Waals surface area contributed by atoms with Crippen LogP contribution >= 0.6 is 0 Å². The van der Waals surface area contributed by atoms with Crippen LogP contribution in [0.4, 0.5) is 5.82 Å². The highest BCUT2D eigenvalue weighted by Gasteiger charge is 2.24. The monoisotopic (exact) mass is 356 g/mol. The Morgan fingerprint density at radius 2 is 2.00 bits per heavy atom. The number of hydrogen-bond donors (Lipinski definition) is 1. The molecule has 2 aliphatic rings. The number of ether oxygens (including phenoxy) is 1. The number of fused-ring (bicyclic) bond motifs is 1. The van der Waals surface area contributed by atoms with Gasteiger partial charge in [-0.15, -0.1) is 0 Å². The van der Waals surface area contributed by atoms with Gasteiger partial charge >= 0.3 is 0 Å². The lowest BCUT2D eigenvalue weighted by Crippen LogP contribution is -2.41. The molecule has 0 spiro atoms. The largest absolute Gasteiger partial charge is 0.379 e. The summed E-state index contributed by atoms with van der Waals surface area (Å²) in [7, 11) is 2.13. The predicted molar refractivity (Wildman–Crippen MR) is 103 cm³/mol. The summed E-state index contributed by atoms with van der Waals surface area (Å²) >= 11 is 0. The Morgan fingerprint density at radius 1 is 1.23 bits per heavy atom. The van der Waals surface area contributed by atoms with E-state index in [1.165, 1.54) is 12.8 Å². The molecule has 0 bridgehead atoms. The Labute approximate surface area is 154 Å². The maximum absolute atomic E-state index is 12.5. The molecule has 0 aromatic carbocycles. The Bertz CT molecular complexity index is 762. The summed E-state index contributed by atoms with van der Waals surface area (Å²) in [5, 5.41) is 3.05. The van der Waals surface area contributed by atoms with Gasteiger partial charge in [0.25, 0.3) is 5.91 Å². The van der Waals surface area contributed by atoms with Crippen molar-refractivity contribution >= 4 is 17.2 Å². The van der Waals surface area contributed by atoms with E-state index in [1.807, 2.05) is 18.3 Å². The van der Waals surface area contributed by atoms with Crippen LogP contribution in [0.15, 0.2) is 30.5 Å². The smallest absolute Gasteiger partial charge is 0.252 e. The standard InChI is InChI=1S/C20H28N4O2/c1-22(14-16-2-3-16)19-7-6-18-5-4-17(15-24(18)19)20(25)21-8-9-23-10-12-26-13-11-23/h4-7,15-16H,2-3,8-14H2,1H3,(H,21,25). The average molecular weight is 356 g/mol. The maximum atomic E-state index is 12.5. The van der Waals surface area contributed by atoms with Crippen LogP contribution in [-0.4, -0.2) is 68.2 Å². The van der Waals surface area contributed by atoms with Gasteiger partial charge in [-0.2, -0.15) is 0 Å². The second-order valence-corrected chi connectivity index (χ2v) is 7.44. The zero-order chi connectivity index (χ0) is 17.9. The molecular formula is C20H28N4O2. The zero-order valence-electron chi connectivity index (χ0n) is 15.5. The van der Waals surface area contributed by atoms with Gasteiger partial charge in [0.2, 0.25) is 0 Å². The van der Waals surface area contributed by atoms with E-state index in [1.54, 1.807) is 0 Å². The summed E-state index contributed by atoms with van der Waals surface area (Å²) in [6, 6.07) is 8.17. The molecule has 1 aliphatic heterocycles. The molecular weight excluding hydrogens is 328 g/mol. The van der Waals surface area contributed by atoms with Crippen molar-refractivity contribution in [3.63, 3.8) is 0 Å². The van der Waals surface area contributed by atoms with Crippen molar-refractivity contribution in [3.8, 4) is 0 Å². The molecule has 1 amide bonds. The van der Waals surface area contributed by atoms with Crippen LogP contribution in [-0.2, 0) is 4.74 Å². The molecule has 4 rings (SSSR count). The van der Waals surface area contributed by atoms with Crippen molar-refractivity contribution in [2.45, 2.75) is 12.8 Å². The first kappa shape index (κ1) is 17.4. The summed E-state index contributed by atoms with van der Waals surface area (Å²) in [5.41, 5.74) is 1.82. The van der Waals surface area contributed by atoms with Gasteiger partial charge in [-0.1, -0.05) is 0 Å². The first-order chi connectivity index (χ1) is 12.7. The van der Waals surface area contributed by atoms with E-state index in [-0.39, 0.29) is 5.91 Å². The third-order valence-corrected chi connectivity index (χ3v) is 5.33. The van der Waals surface area contributed by atoms with Crippen LogP contribution in [0.3, 0.4) is 0 Å². The molecule has 2 aromatic rings. The van der Waals surface area contributed by atoms with Crippen LogP contribution in [0.2, 0.25) is 0 Å². The number of anilines is 1. The number of carbonyl (C=O) groups is 1. The third kappa shape index (κ3) is 4.02. The van der Waals surface area contributed by atoms with E-state index in [4.69, 9.17) is 4.74 Å². The molecule has 140 valence electrons. The highest BCUT2D eigenvalue weighted by Crippen LogP contribution is 2.31. The predicted octanol–water partition coefficient (Wildman–Crippen LogP) is 1.85. The van der Waals surface area contributed by atoms with Crippen LogP contribution in [0, 0.1) is 5.92 Å². The van der Waals surface area contributed by atoms with E-state index in [9.17, 15) is 4.79 Å². The number of nitrogens with zero attached hydrogens (tertiary/aromatic N) is 3. The SMILES string of the molecule is CN(CC1CC1)c1ccc2ccc(C(=O)NCCN3CCOCC3)cn12. The van der Waals surface area contributed by atoms with E-state index in [2.05, 4.69) is 38.7 Å². The Morgan fingerprint density at radius 3 is 2.77 bits per heavy atom. The maximum Gasteiger partial charge on any atom is 0.252 e. The number of rotatable bonds is 7. The molecule has 6 nitrogen and oxygen atoms in total. The minimum atomic E-state index is -0.00958. The van der Waals surface area contributed by atoms with Gasteiger partial charge < -0.3 is 19.4 Å². The summed E-state index contributed by atoms with van der Waals surface area (Å²) in [4.78, 5) is 17.2. The molecule has 1 saturated carbocycles. The van der Waals surface area contributed by atoms with E-state index >= 15 is 0 Å². The van der Waals surface area contributed by atoms with Gasteiger partial charge in [-0.25, -0.2) is 0 Å². The number of carbonyl (C=O) groups excluding carboxylic acids is 1. The lowest BCUT2D eigenvalue weighted by molar-refractivity contribution is 0.0383. The van der Waals surface area contributed by atoms with Crippen molar-refractivity contribution in [1.29, 1.82) is 0 Å². The van der Waals surface area contributed by atoms with Crippen LogP contribution < -0.4 is 10.2 Å². The highest BCUT2D eigenvalue weighted by molar-refractivity contribution is 5.94. The zero-order valence-corrected chi connectivity index (χ0v) is 15.5. The van der Waals surface area contributed by atoms with Crippen LogP contribution in [0.1, 0.15) is 23.2 Å².